The van der Waals surface area contributed by atoms with Gasteiger partial charge < -0.3 is 5.11 Å². The summed E-state index contributed by atoms with van der Waals surface area (Å²) < 4.78 is 0. The lowest BCUT2D eigenvalue weighted by Crippen LogP contribution is -2.20. The monoisotopic (exact) mass is 347 g/mol. The second-order valence-corrected chi connectivity index (χ2v) is 5.23. The maximum atomic E-state index is 12.1. The van der Waals surface area contributed by atoms with E-state index >= 15 is 0 Å². The average Bonchev–Trinajstić information content (AvgIpc) is 2.56. The summed E-state index contributed by atoms with van der Waals surface area (Å²) >= 11 is 5.72. The Kier molecular flexibility index (Phi) is 5.49. The highest BCUT2D eigenvalue weighted by Gasteiger charge is 2.16. The number of benzene rings is 2. The van der Waals surface area contributed by atoms with Crippen LogP contribution in [0, 0.1) is 10.1 Å². The molecule has 0 fully saturated rings. The lowest BCUT2D eigenvalue weighted by atomic mass is 10.1. The number of carbonyl (C=O) groups is 1. The molecule has 0 radical (unpaired) electrons. The molecule has 0 saturated heterocycles. The van der Waals surface area contributed by atoms with Crippen LogP contribution < -0.4 is 5.43 Å². The molecule has 2 aromatic carbocycles. The van der Waals surface area contributed by atoms with Crippen molar-refractivity contribution in [2.24, 2.45) is 5.10 Å². The van der Waals surface area contributed by atoms with Gasteiger partial charge in [-0.2, -0.15) is 5.10 Å². The molecule has 0 aliphatic heterocycles. The van der Waals surface area contributed by atoms with E-state index in [1.807, 2.05) is 6.92 Å². The number of aromatic hydroxyl groups is 1. The van der Waals surface area contributed by atoms with E-state index in [9.17, 15) is 20.0 Å². The molecule has 124 valence electrons. The van der Waals surface area contributed by atoms with Crippen LogP contribution in [0.1, 0.15) is 29.3 Å². The molecule has 0 saturated carbocycles. The van der Waals surface area contributed by atoms with Gasteiger partial charge in [0.05, 0.1) is 10.6 Å². The Morgan fingerprint density at radius 1 is 1.25 bits per heavy atom. The quantitative estimate of drug-likeness (QED) is 0.490. The summed E-state index contributed by atoms with van der Waals surface area (Å²) in [5, 5.41) is 24.2. The van der Waals surface area contributed by atoms with E-state index in [2.05, 4.69) is 10.5 Å². The van der Waals surface area contributed by atoms with Gasteiger partial charge in [-0.1, -0.05) is 18.5 Å². The van der Waals surface area contributed by atoms with Crippen LogP contribution in [-0.4, -0.2) is 21.6 Å². The van der Waals surface area contributed by atoms with E-state index < -0.39 is 10.8 Å². The van der Waals surface area contributed by atoms with E-state index in [1.165, 1.54) is 24.3 Å². The van der Waals surface area contributed by atoms with Gasteiger partial charge >= 0.3 is 0 Å². The molecule has 0 heterocycles. The minimum Gasteiger partial charge on any atom is -0.508 e. The van der Waals surface area contributed by atoms with Gasteiger partial charge in [0, 0.05) is 11.6 Å². The van der Waals surface area contributed by atoms with Gasteiger partial charge in [-0.15, -0.1) is 0 Å². The van der Waals surface area contributed by atoms with Crippen LogP contribution in [0.2, 0.25) is 5.02 Å². The number of phenolic OH excluding ortho intramolecular Hbond substituents is 1. The lowest BCUT2D eigenvalue weighted by Gasteiger charge is -2.06. The molecule has 0 unspecified atom stereocenters. The van der Waals surface area contributed by atoms with Gasteiger partial charge in [-0.25, -0.2) is 5.43 Å². The summed E-state index contributed by atoms with van der Waals surface area (Å²) in [5.41, 5.74) is 3.46. The van der Waals surface area contributed by atoms with Crippen LogP contribution in [0.4, 0.5) is 5.69 Å². The first kappa shape index (κ1) is 17.4. The normalized spacial score (nSPS) is 11.2. The second-order valence-electron chi connectivity index (χ2n) is 4.82. The van der Waals surface area contributed by atoms with Crippen LogP contribution in [0.15, 0.2) is 47.6 Å². The molecule has 0 bridgehead atoms. The molecule has 8 heteroatoms. The zero-order valence-corrected chi connectivity index (χ0v) is 13.4. The Balaban J connectivity index is 2.20. The summed E-state index contributed by atoms with van der Waals surface area (Å²) in [7, 11) is 0. The number of rotatable bonds is 5. The van der Waals surface area contributed by atoms with E-state index in [1.54, 1.807) is 12.1 Å². The van der Waals surface area contributed by atoms with Crippen LogP contribution in [0.3, 0.4) is 0 Å². The fourth-order valence-electron chi connectivity index (χ4n) is 1.98. The Hall–Kier alpha value is -2.93. The smallest absolute Gasteiger partial charge is 0.288 e. The Morgan fingerprint density at radius 3 is 2.46 bits per heavy atom. The first-order valence-electron chi connectivity index (χ1n) is 7.02. The van der Waals surface area contributed by atoms with Crippen LogP contribution in [-0.2, 0) is 0 Å². The van der Waals surface area contributed by atoms with Crippen LogP contribution in [0.25, 0.3) is 0 Å². The molecule has 0 aliphatic rings. The van der Waals surface area contributed by atoms with Crippen molar-refractivity contribution >= 4 is 28.9 Å². The molecule has 2 aromatic rings. The van der Waals surface area contributed by atoms with Gasteiger partial charge in [0.1, 0.15) is 10.8 Å². The average molecular weight is 348 g/mol. The predicted octanol–water partition coefficient (Wildman–Crippen LogP) is 3.50. The largest absolute Gasteiger partial charge is 0.508 e. The number of hydrazone groups is 1. The third kappa shape index (κ3) is 4.08. The van der Waals surface area contributed by atoms with Crippen LogP contribution in [0.5, 0.6) is 5.75 Å². The molecular weight excluding hydrogens is 334 g/mol. The molecule has 1 amide bonds. The van der Waals surface area contributed by atoms with Gasteiger partial charge in [-0.3, -0.25) is 14.9 Å². The number of nitrogens with zero attached hydrogens (tertiary/aromatic N) is 2. The van der Waals surface area contributed by atoms with E-state index in [-0.39, 0.29) is 22.0 Å². The standard InChI is InChI=1S/C16H14ClN3O4/c1-2-14(10-3-6-12(21)7-4-10)18-19-16(22)11-5-8-13(17)15(9-11)20(23)24/h3-9,21H,2H2,1H3,(H,19,22)/b18-14+. The van der Waals surface area contributed by atoms with Crippen molar-refractivity contribution in [3.05, 3.63) is 68.7 Å². The molecule has 0 spiro atoms. The minimum atomic E-state index is -0.656. The number of nitro groups is 1. The number of hydrogen-bond donors (Lipinski definition) is 2. The maximum Gasteiger partial charge on any atom is 0.288 e. The number of amides is 1. The number of carbonyl (C=O) groups excluding carboxylic acids is 1. The van der Waals surface area contributed by atoms with E-state index in [0.29, 0.717) is 12.1 Å². The van der Waals surface area contributed by atoms with Crippen molar-refractivity contribution in [1.29, 1.82) is 0 Å². The minimum absolute atomic E-state index is 0.0432. The number of halogens is 1. The number of nitrogens with one attached hydrogen (secondary N) is 1. The molecule has 2 rings (SSSR count). The Morgan fingerprint density at radius 2 is 1.88 bits per heavy atom. The summed E-state index contributed by atoms with van der Waals surface area (Å²) in [6, 6.07) is 10.2. The van der Waals surface area contributed by atoms with Gasteiger partial charge in [0.15, 0.2) is 0 Å². The fraction of sp³-hybridized carbons (Fsp3) is 0.125. The van der Waals surface area contributed by atoms with Crippen molar-refractivity contribution in [3.8, 4) is 5.75 Å². The zero-order chi connectivity index (χ0) is 17.7. The van der Waals surface area contributed by atoms with E-state index in [0.717, 1.165) is 11.6 Å². The third-order valence-corrected chi connectivity index (χ3v) is 3.55. The van der Waals surface area contributed by atoms with Gasteiger partial charge in [0.2, 0.25) is 0 Å². The van der Waals surface area contributed by atoms with Gasteiger partial charge in [0.25, 0.3) is 11.6 Å². The molecule has 2 N–H and O–H groups in total. The van der Waals surface area contributed by atoms with Crippen molar-refractivity contribution in [2.75, 3.05) is 0 Å². The second kappa shape index (κ2) is 7.56. The Bertz CT molecular complexity index is 803. The number of nitro benzene ring substituents is 1. The molecule has 24 heavy (non-hydrogen) atoms. The maximum absolute atomic E-state index is 12.1. The highest BCUT2D eigenvalue weighted by atomic mass is 35.5. The zero-order valence-electron chi connectivity index (χ0n) is 12.7. The SMILES string of the molecule is CC/C(=N\NC(=O)c1ccc(Cl)c([N+](=O)[O-])c1)c1ccc(O)cc1. The number of phenols is 1. The first-order valence-corrected chi connectivity index (χ1v) is 7.40. The van der Waals surface area contributed by atoms with Crippen molar-refractivity contribution in [2.45, 2.75) is 13.3 Å². The van der Waals surface area contributed by atoms with Crippen LogP contribution >= 0.6 is 11.6 Å². The van der Waals surface area contributed by atoms with Crippen molar-refractivity contribution in [1.82, 2.24) is 5.43 Å². The predicted molar refractivity (Wildman–Crippen MR) is 90.5 cm³/mol. The molecule has 7 nitrogen and oxygen atoms in total. The summed E-state index contributed by atoms with van der Waals surface area (Å²) in [4.78, 5) is 22.3. The fourth-order valence-corrected chi connectivity index (χ4v) is 2.16. The highest BCUT2D eigenvalue weighted by molar-refractivity contribution is 6.32. The van der Waals surface area contributed by atoms with Crippen molar-refractivity contribution in [3.63, 3.8) is 0 Å². The van der Waals surface area contributed by atoms with Gasteiger partial charge in [-0.05, 0) is 48.4 Å². The molecular formula is C16H14ClN3O4. The first-order chi connectivity index (χ1) is 11.4. The lowest BCUT2D eigenvalue weighted by molar-refractivity contribution is -0.384. The van der Waals surface area contributed by atoms with Crippen molar-refractivity contribution < 1.29 is 14.8 Å². The molecule has 0 atom stereocenters. The van der Waals surface area contributed by atoms with E-state index in [4.69, 9.17) is 11.6 Å². The summed E-state index contributed by atoms with van der Waals surface area (Å²) in [6.45, 7) is 1.87. The summed E-state index contributed by atoms with van der Waals surface area (Å²) in [5.74, 6) is -0.453. The molecule has 0 aliphatic carbocycles. The summed E-state index contributed by atoms with van der Waals surface area (Å²) in [6.07, 6.45) is 0.547. The number of hydrogen-bond acceptors (Lipinski definition) is 5. The molecule has 0 aromatic heterocycles. The topological polar surface area (TPSA) is 105 Å². The third-order valence-electron chi connectivity index (χ3n) is 3.23. The highest BCUT2D eigenvalue weighted by Crippen LogP contribution is 2.25. The Labute approximate surface area is 142 Å².